The molecule has 2 rings (SSSR count). The highest BCUT2D eigenvalue weighted by atomic mass is 16.4. The number of nitrogens with zero attached hydrogens (tertiary/aromatic N) is 1. The molecule has 1 N–H and O–H groups in total. The summed E-state index contributed by atoms with van der Waals surface area (Å²) in [6, 6.07) is 0.555. The number of carbonyl (C=O) groups is 1. The van der Waals surface area contributed by atoms with Gasteiger partial charge in [-0.25, -0.2) is 0 Å². The summed E-state index contributed by atoms with van der Waals surface area (Å²) in [4.78, 5) is 13.8. The lowest BCUT2D eigenvalue weighted by Gasteiger charge is -2.48. The first-order valence-corrected chi connectivity index (χ1v) is 7.51. The summed E-state index contributed by atoms with van der Waals surface area (Å²) >= 11 is 0. The van der Waals surface area contributed by atoms with Crippen LogP contribution in [0.4, 0.5) is 0 Å². The van der Waals surface area contributed by atoms with Gasteiger partial charge in [-0.1, -0.05) is 27.7 Å². The molecule has 0 amide bonds. The van der Waals surface area contributed by atoms with Gasteiger partial charge in [-0.2, -0.15) is 0 Å². The Kier molecular flexibility index (Phi) is 3.49. The van der Waals surface area contributed by atoms with Crippen molar-refractivity contribution in [1.29, 1.82) is 0 Å². The predicted octanol–water partition coefficient (Wildman–Crippen LogP) is 3.39. The Labute approximate surface area is 117 Å². The van der Waals surface area contributed by atoms with Crippen LogP contribution in [-0.2, 0) is 4.79 Å². The molecule has 1 atom stereocenters. The van der Waals surface area contributed by atoms with Crippen molar-refractivity contribution in [1.82, 2.24) is 4.90 Å². The summed E-state index contributed by atoms with van der Waals surface area (Å²) in [5.41, 5.74) is 0.203. The number of likely N-dealkylation sites (tertiary alicyclic amines) is 1. The Hall–Kier alpha value is -0.570. The van der Waals surface area contributed by atoms with Gasteiger partial charge in [-0.05, 0) is 50.0 Å². The van der Waals surface area contributed by atoms with Crippen LogP contribution in [-0.4, -0.2) is 35.1 Å². The SMILES string of the molecule is CC1(C)CC(N2CCC(C)(C(=O)O)C2)CC(C)(C)C1. The zero-order chi connectivity index (χ0) is 14.5. The number of rotatable bonds is 2. The van der Waals surface area contributed by atoms with Crippen LogP contribution in [0.2, 0.25) is 0 Å². The first kappa shape index (κ1) is 14.8. The summed E-state index contributed by atoms with van der Waals surface area (Å²) in [6.45, 7) is 13.0. The summed E-state index contributed by atoms with van der Waals surface area (Å²) in [5.74, 6) is -0.635. The second-order valence-electron chi connectivity index (χ2n) is 8.65. The van der Waals surface area contributed by atoms with E-state index in [2.05, 4.69) is 32.6 Å². The van der Waals surface area contributed by atoms with Crippen molar-refractivity contribution in [2.75, 3.05) is 13.1 Å². The van der Waals surface area contributed by atoms with Gasteiger partial charge in [0.05, 0.1) is 5.41 Å². The van der Waals surface area contributed by atoms with E-state index in [1.165, 1.54) is 19.3 Å². The fourth-order valence-electron chi connectivity index (χ4n) is 4.53. The Morgan fingerprint density at radius 2 is 1.63 bits per heavy atom. The maximum Gasteiger partial charge on any atom is 0.310 e. The second kappa shape index (κ2) is 4.47. The number of carboxylic acid groups (broad SMARTS) is 1. The van der Waals surface area contributed by atoms with E-state index in [9.17, 15) is 9.90 Å². The van der Waals surface area contributed by atoms with Crippen LogP contribution in [0.1, 0.15) is 60.3 Å². The van der Waals surface area contributed by atoms with Gasteiger partial charge < -0.3 is 5.11 Å². The van der Waals surface area contributed by atoms with Gasteiger partial charge in [0.1, 0.15) is 0 Å². The van der Waals surface area contributed by atoms with Crippen LogP contribution in [0.5, 0.6) is 0 Å². The van der Waals surface area contributed by atoms with Crippen molar-refractivity contribution >= 4 is 5.97 Å². The van der Waals surface area contributed by atoms with Crippen LogP contribution in [0.3, 0.4) is 0 Å². The molecule has 0 aromatic carbocycles. The van der Waals surface area contributed by atoms with Crippen molar-refractivity contribution in [2.45, 2.75) is 66.3 Å². The zero-order valence-corrected chi connectivity index (χ0v) is 13.1. The van der Waals surface area contributed by atoms with E-state index in [1.807, 2.05) is 6.92 Å². The monoisotopic (exact) mass is 267 g/mol. The minimum absolute atomic E-state index is 0.370. The minimum atomic E-state index is -0.635. The number of hydrogen-bond acceptors (Lipinski definition) is 2. The van der Waals surface area contributed by atoms with Gasteiger partial charge in [0.25, 0.3) is 0 Å². The molecule has 1 aliphatic carbocycles. The third-order valence-corrected chi connectivity index (χ3v) is 5.07. The quantitative estimate of drug-likeness (QED) is 0.833. The lowest BCUT2D eigenvalue weighted by atomic mass is 9.63. The third-order valence-electron chi connectivity index (χ3n) is 5.07. The molecule has 3 nitrogen and oxygen atoms in total. The summed E-state index contributed by atoms with van der Waals surface area (Å²) in [6.07, 6.45) is 4.46. The molecule has 0 radical (unpaired) electrons. The standard InChI is InChI=1S/C16H29NO2/c1-14(2)8-12(9-15(3,4)10-14)17-7-6-16(5,11-17)13(18)19/h12H,6-11H2,1-5H3,(H,18,19). The summed E-state index contributed by atoms with van der Waals surface area (Å²) < 4.78 is 0. The van der Waals surface area contributed by atoms with E-state index in [-0.39, 0.29) is 0 Å². The molecule has 0 spiro atoms. The molecule has 1 aliphatic heterocycles. The lowest BCUT2D eigenvalue weighted by Crippen LogP contribution is -2.46. The Balaban J connectivity index is 2.09. The largest absolute Gasteiger partial charge is 0.481 e. The first-order chi connectivity index (χ1) is 8.53. The van der Waals surface area contributed by atoms with Crippen LogP contribution >= 0.6 is 0 Å². The van der Waals surface area contributed by atoms with E-state index in [4.69, 9.17) is 0 Å². The molecule has 2 aliphatic rings. The van der Waals surface area contributed by atoms with Crippen LogP contribution in [0.15, 0.2) is 0 Å². The smallest absolute Gasteiger partial charge is 0.310 e. The number of carboxylic acids is 1. The van der Waals surface area contributed by atoms with Gasteiger partial charge in [-0.15, -0.1) is 0 Å². The average Bonchev–Trinajstić information content (AvgIpc) is 2.57. The van der Waals surface area contributed by atoms with Crippen LogP contribution < -0.4 is 0 Å². The predicted molar refractivity (Wildman–Crippen MR) is 77.1 cm³/mol. The number of hydrogen-bond donors (Lipinski definition) is 1. The molecule has 0 aromatic heterocycles. The molecule has 19 heavy (non-hydrogen) atoms. The molecule has 3 heteroatoms. The van der Waals surface area contributed by atoms with Gasteiger partial charge in [-0.3, -0.25) is 9.69 Å². The molecular formula is C16H29NO2. The van der Waals surface area contributed by atoms with Gasteiger partial charge >= 0.3 is 5.97 Å². The number of aliphatic carboxylic acids is 1. The Morgan fingerprint density at radius 1 is 1.11 bits per heavy atom. The highest BCUT2D eigenvalue weighted by molar-refractivity contribution is 5.74. The minimum Gasteiger partial charge on any atom is -0.481 e. The van der Waals surface area contributed by atoms with E-state index in [1.54, 1.807) is 0 Å². The Morgan fingerprint density at radius 3 is 2.05 bits per heavy atom. The normalized spacial score (nSPS) is 35.4. The molecule has 1 unspecified atom stereocenters. The first-order valence-electron chi connectivity index (χ1n) is 7.51. The van der Waals surface area contributed by atoms with Gasteiger partial charge in [0, 0.05) is 12.6 Å². The van der Waals surface area contributed by atoms with E-state index < -0.39 is 11.4 Å². The average molecular weight is 267 g/mol. The second-order valence-corrected chi connectivity index (χ2v) is 8.65. The van der Waals surface area contributed by atoms with Crippen molar-refractivity contribution in [3.05, 3.63) is 0 Å². The lowest BCUT2D eigenvalue weighted by molar-refractivity contribution is -0.147. The van der Waals surface area contributed by atoms with E-state index in [0.717, 1.165) is 19.5 Å². The van der Waals surface area contributed by atoms with Crippen molar-refractivity contribution < 1.29 is 9.90 Å². The highest BCUT2D eigenvalue weighted by Gasteiger charge is 2.46. The molecular weight excluding hydrogens is 238 g/mol. The molecule has 110 valence electrons. The van der Waals surface area contributed by atoms with Crippen molar-refractivity contribution in [3.63, 3.8) is 0 Å². The van der Waals surface area contributed by atoms with Crippen LogP contribution in [0, 0.1) is 16.2 Å². The van der Waals surface area contributed by atoms with Crippen molar-refractivity contribution in [2.24, 2.45) is 16.2 Å². The van der Waals surface area contributed by atoms with Gasteiger partial charge in [0.2, 0.25) is 0 Å². The van der Waals surface area contributed by atoms with E-state index >= 15 is 0 Å². The Bertz CT molecular complexity index is 359. The molecule has 1 heterocycles. The fourth-order valence-corrected chi connectivity index (χ4v) is 4.53. The van der Waals surface area contributed by atoms with Gasteiger partial charge in [0.15, 0.2) is 0 Å². The molecule has 0 aromatic rings. The zero-order valence-electron chi connectivity index (χ0n) is 13.1. The highest BCUT2D eigenvalue weighted by Crippen LogP contribution is 2.48. The maximum absolute atomic E-state index is 11.4. The third kappa shape index (κ3) is 3.13. The molecule has 0 bridgehead atoms. The molecule has 1 saturated carbocycles. The molecule has 2 fully saturated rings. The van der Waals surface area contributed by atoms with Crippen LogP contribution in [0.25, 0.3) is 0 Å². The topological polar surface area (TPSA) is 40.5 Å². The fraction of sp³-hybridized carbons (Fsp3) is 0.938. The molecule has 1 saturated heterocycles. The summed E-state index contributed by atoms with van der Waals surface area (Å²) in [5, 5.41) is 9.37. The van der Waals surface area contributed by atoms with E-state index in [0.29, 0.717) is 16.9 Å². The van der Waals surface area contributed by atoms with Crippen molar-refractivity contribution in [3.8, 4) is 0 Å². The summed E-state index contributed by atoms with van der Waals surface area (Å²) in [7, 11) is 0. The maximum atomic E-state index is 11.4.